The predicted molar refractivity (Wildman–Crippen MR) is 96.1 cm³/mol. The third-order valence-corrected chi connectivity index (χ3v) is 4.25. The molecule has 0 saturated heterocycles. The van der Waals surface area contributed by atoms with Crippen LogP contribution in [0.5, 0.6) is 0 Å². The van der Waals surface area contributed by atoms with Gasteiger partial charge in [-0.2, -0.15) is 0 Å². The molecule has 0 aliphatic carbocycles. The Morgan fingerprint density at radius 2 is 1.92 bits per heavy atom. The van der Waals surface area contributed by atoms with E-state index in [4.69, 9.17) is 4.74 Å². The summed E-state index contributed by atoms with van der Waals surface area (Å²) in [6.07, 6.45) is 0.865. The van der Waals surface area contributed by atoms with Crippen LogP contribution in [0.1, 0.15) is 30.8 Å². The van der Waals surface area contributed by atoms with Crippen LogP contribution in [0, 0.1) is 5.92 Å². The summed E-state index contributed by atoms with van der Waals surface area (Å²) in [5.74, 6) is 0.218. The van der Waals surface area contributed by atoms with Crippen LogP contribution in [0.4, 0.5) is 0 Å². The van der Waals surface area contributed by atoms with E-state index in [1.165, 1.54) is 11.6 Å². The monoisotopic (exact) mass is 350 g/mol. The largest absolute Gasteiger partial charge is 0.383 e. The molecule has 0 saturated carbocycles. The fraction of sp³-hybridized carbons (Fsp3) is 0.588. The molecule has 0 spiro atoms. The molecule has 0 atom stereocenters. The van der Waals surface area contributed by atoms with Gasteiger partial charge in [-0.25, -0.2) is 4.79 Å². The van der Waals surface area contributed by atoms with Crippen LogP contribution in [0.15, 0.2) is 15.7 Å². The number of hydrogen-bond donors (Lipinski definition) is 1. The molecule has 0 bridgehead atoms. The number of ether oxygens (including phenoxy) is 1. The number of nitrogens with one attached hydrogen (secondary N) is 1. The van der Waals surface area contributed by atoms with Crippen molar-refractivity contribution in [3.63, 3.8) is 0 Å². The van der Waals surface area contributed by atoms with Crippen molar-refractivity contribution >= 4 is 16.9 Å². The van der Waals surface area contributed by atoms with Crippen molar-refractivity contribution in [3.8, 4) is 0 Å². The van der Waals surface area contributed by atoms with Gasteiger partial charge in [-0.05, 0) is 18.4 Å². The molecule has 0 aliphatic heterocycles. The summed E-state index contributed by atoms with van der Waals surface area (Å²) < 4.78 is 9.22. The third-order valence-electron chi connectivity index (χ3n) is 4.25. The van der Waals surface area contributed by atoms with E-state index in [2.05, 4.69) is 19.2 Å². The quantitative estimate of drug-likeness (QED) is 0.786. The number of aryl methyl sites for hydroxylation is 1. The van der Waals surface area contributed by atoms with Crippen LogP contribution < -0.4 is 16.6 Å². The van der Waals surface area contributed by atoms with E-state index in [9.17, 15) is 14.4 Å². The summed E-state index contributed by atoms with van der Waals surface area (Å²) in [7, 11) is 4.58. The Hall–Kier alpha value is -2.35. The van der Waals surface area contributed by atoms with E-state index in [0.29, 0.717) is 42.3 Å². The lowest BCUT2D eigenvalue weighted by molar-refractivity contribution is 0.0940. The van der Waals surface area contributed by atoms with Gasteiger partial charge in [0.25, 0.3) is 11.5 Å². The van der Waals surface area contributed by atoms with Gasteiger partial charge in [0, 0.05) is 34.3 Å². The predicted octanol–water partition coefficient (Wildman–Crippen LogP) is 0.461. The highest BCUT2D eigenvalue weighted by atomic mass is 16.5. The first kappa shape index (κ1) is 19.0. The van der Waals surface area contributed by atoms with Gasteiger partial charge in [0.1, 0.15) is 11.3 Å². The maximum absolute atomic E-state index is 12.6. The molecular formula is C17H26N4O4. The highest BCUT2D eigenvalue weighted by Crippen LogP contribution is 2.16. The van der Waals surface area contributed by atoms with Crippen LogP contribution in [0.25, 0.3) is 11.0 Å². The number of methoxy groups -OCH3 is 1. The second-order valence-electron chi connectivity index (χ2n) is 6.56. The van der Waals surface area contributed by atoms with Crippen molar-refractivity contribution < 1.29 is 9.53 Å². The first-order valence-electron chi connectivity index (χ1n) is 8.36. The molecule has 2 aromatic rings. The molecule has 2 heterocycles. The maximum atomic E-state index is 12.6. The van der Waals surface area contributed by atoms with Crippen LogP contribution in [0.3, 0.4) is 0 Å². The first-order valence-corrected chi connectivity index (χ1v) is 8.36. The smallest absolute Gasteiger partial charge is 0.332 e. The minimum Gasteiger partial charge on any atom is -0.383 e. The lowest BCUT2D eigenvalue weighted by atomic mass is 10.1. The molecule has 138 valence electrons. The van der Waals surface area contributed by atoms with Gasteiger partial charge >= 0.3 is 5.69 Å². The fourth-order valence-corrected chi connectivity index (χ4v) is 2.80. The standard InChI is InChI=1S/C17H26N4O4/c1-11(2)6-7-18-14(22)13-10-12-15(21(13)8-9-25-5)19(3)17(24)20(4)16(12)23/h10-11H,6-9H2,1-5H3,(H,18,22). The normalized spacial score (nSPS) is 11.4. The Morgan fingerprint density at radius 1 is 1.24 bits per heavy atom. The third kappa shape index (κ3) is 3.68. The summed E-state index contributed by atoms with van der Waals surface area (Å²) in [5.41, 5.74) is -0.0557. The molecule has 2 aromatic heterocycles. The average Bonchev–Trinajstić information content (AvgIpc) is 2.95. The highest BCUT2D eigenvalue weighted by molar-refractivity contribution is 5.97. The number of aromatic nitrogens is 3. The van der Waals surface area contributed by atoms with Gasteiger partial charge in [0.05, 0.1) is 12.0 Å². The van der Waals surface area contributed by atoms with Crippen molar-refractivity contribution in [3.05, 3.63) is 32.6 Å². The second-order valence-corrected chi connectivity index (χ2v) is 6.56. The Labute approximate surface area is 146 Å². The summed E-state index contributed by atoms with van der Waals surface area (Å²) in [5, 5.41) is 3.22. The number of fused-ring (bicyclic) bond motifs is 1. The minimum atomic E-state index is -0.430. The van der Waals surface area contributed by atoms with Gasteiger partial charge in [0.15, 0.2) is 0 Å². The zero-order valence-electron chi connectivity index (χ0n) is 15.5. The Morgan fingerprint density at radius 3 is 2.52 bits per heavy atom. The van der Waals surface area contributed by atoms with Gasteiger partial charge in [-0.3, -0.25) is 18.7 Å². The fourth-order valence-electron chi connectivity index (χ4n) is 2.80. The van der Waals surface area contributed by atoms with E-state index in [1.807, 2.05) is 0 Å². The van der Waals surface area contributed by atoms with E-state index < -0.39 is 11.2 Å². The van der Waals surface area contributed by atoms with Crippen molar-refractivity contribution in [1.29, 1.82) is 0 Å². The molecular weight excluding hydrogens is 324 g/mol. The van der Waals surface area contributed by atoms with Crippen molar-refractivity contribution in [2.24, 2.45) is 20.0 Å². The molecule has 8 heteroatoms. The summed E-state index contributed by atoms with van der Waals surface area (Å²) in [6.45, 7) is 5.45. The number of carbonyl (C=O) groups excluding carboxylic acids is 1. The lowest BCUT2D eigenvalue weighted by Gasteiger charge is -2.13. The number of carbonyl (C=O) groups is 1. The Balaban J connectivity index is 2.57. The molecule has 0 radical (unpaired) electrons. The summed E-state index contributed by atoms with van der Waals surface area (Å²) in [4.78, 5) is 37.3. The summed E-state index contributed by atoms with van der Waals surface area (Å²) in [6, 6.07) is 1.55. The molecule has 0 aliphatic rings. The number of hydrogen-bond acceptors (Lipinski definition) is 4. The Kier molecular flexibility index (Phi) is 5.84. The average molecular weight is 350 g/mol. The van der Waals surface area contributed by atoms with Crippen molar-refractivity contribution in [2.75, 3.05) is 20.3 Å². The molecule has 25 heavy (non-hydrogen) atoms. The molecule has 0 unspecified atom stereocenters. The van der Waals surface area contributed by atoms with Gasteiger partial charge in [0.2, 0.25) is 0 Å². The van der Waals surface area contributed by atoms with E-state index >= 15 is 0 Å². The SMILES string of the molecule is COCCn1c(C(=O)NCCC(C)C)cc2c(=O)n(C)c(=O)n(C)c21. The van der Waals surface area contributed by atoms with Gasteiger partial charge < -0.3 is 14.6 Å². The molecule has 8 nitrogen and oxygen atoms in total. The van der Waals surface area contributed by atoms with E-state index in [0.717, 1.165) is 11.0 Å². The number of rotatable bonds is 7. The second kappa shape index (κ2) is 7.69. The minimum absolute atomic E-state index is 0.262. The number of nitrogens with zero attached hydrogens (tertiary/aromatic N) is 3. The molecule has 1 amide bonds. The van der Waals surface area contributed by atoms with Crippen LogP contribution in [-0.2, 0) is 25.4 Å². The van der Waals surface area contributed by atoms with Gasteiger partial charge in [-0.1, -0.05) is 13.8 Å². The first-order chi connectivity index (χ1) is 11.8. The van der Waals surface area contributed by atoms with Crippen molar-refractivity contribution in [2.45, 2.75) is 26.8 Å². The van der Waals surface area contributed by atoms with Crippen molar-refractivity contribution in [1.82, 2.24) is 19.0 Å². The van der Waals surface area contributed by atoms with Crippen LogP contribution >= 0.6 is 0 Å². The van der Waals surface area contributed by atoms with Crippen LogP contribution in [-0.4, -0.2) is 39.9 Å². The van der Waals surface area contributed by atoms with Crippen LogP contribution in [0.2, 0.25) is 0 Å². The molecule has 2 rings (SSSR count). The Bertz CT molecular complexity index is 889. The zero-order chi connectivity index (χ0) is 18.7. The van der Waals surface area contributed by atoms with E-state index in [1.54, 1.807) is 24.8 Å². The highest BCUT2D eigenvalue weighted by Gasteiger charge is 2.20. The topological polar surface area (TPSA) is 87.3 Å². The maximum Gasteiger partial charge on any atom is 0.332 e. The number of amides is 1. The summed E-state index contributed by atoms with van der Waals surface area (Å²) >= 11 is 0. The molecule has 1 N–H and O–H groups in total. The molecule has 0 aromatic carbocycles. The van der Waals surface area contributed by atoms with Gasteiger partial charge in [-0.15, -0.1) is 0 Å². The molecule has 0 fully saturated rings. The zero-order valence-corrected chi connectivity index (χ0v) is 15.5. The van der Waals surface area contributed by atoms with E-state index in [-0.39, 0.29) is 5.91 Å². The lowest BCUT2D eigenvalue weighted by Crippen LogP contribution is -2.37.